The molecule has 0 aliphatic rings. The van der Waals surface area contributed by atoms with Crippen LogP contribution in [0.5, 0.6) is 0 Å². The average Bonchev–Trinajstić information content (AvgIpc) is 2.74. The van der Waals surface area contributed by atoms with Crippen molar-refractivity contribution >= 4 is 11.6 Å². The minimum absolute atomic E-state index is 0.191. The quantitative estimate of drug-likeness (QED) is 0.590. The Labute approximate surface area is 163 Å². The van der Waals surface area contributed by atoms with Crippen molar-refractivity contribution in [3.63, 3.8) is 0 Å². The maximum atomic E-state index is 12.5. The van der Waals surface area contributed by atoms with Crippen molar-refractivity contribution in [2.75, 3.05) is 5.32 Å². The molecule has 0 aliphatic carbocycles. The summed E-state index contributed by atoms with van der Waals surface area (Å²) >= 11 is 0. The second kappa shape index (κ2) is 9.86. The number of benzene rings is 2. The molecular weight excluding hydrogens is 352 g/mol. The van der Waals surface area contributed by atoms with Gasteiger partial charge in [0.1, 0.15) is 6.61 Å². The summed E-state index contributed by atoms with van der Waals surface area (Å²) < 4.78 is 0. The molecule has 0 unspecified atom stereocenters. The second-order valence-electron chi connectivity index (χ2n) is 6.08. The van der Waals surface area contributed by atoms with Crippen LogP contribution in [0.1, 0.15) is 27.0 Å². The Bertz CT molecular complexity index is 968. The summed E-state index contributed by atoms with van der Waals surface area (Å²) in [6, 6.07) is 20.7. The number of amides is 1. The van der Waals surface area contributed by atoms with Crippen LogP contribution in [0.4, 0.5) is 5.69 Å². The normalized spacial score (nSPS) is 10.1. The van der Waals surface area contributed by atoms with Gasteiger partial charge in [-0.2, -0.15) is 5.26 Å². The zero-order chi connectivity index (χ0) is 19.6. The summed E-state index contributed by atoms with van der Waals surface area (Å²) in [6.45, 7) is 0.769. The fourth-order valence-corrected chi connectivity index (χ4v) is 2.72. The van der Waals surface area contributed by atoms with Crippen LogP contribution in [-0.2, 0) is 24.4 Å². The van der Waals surface area contributed by atoms with Crippen molar-refractivity contribution in [2.45, 2.75) is 19.6 Å². The Morgan fingerprint density at radius 1 is 1.00 bits per heavy atom. The molecule has 3 rings (SSSR count). The van der Waals surface area contributed by atoms with Crippen LogP contribution in [0.15, 0.2) is 73.1 Å². The van der Waals surface area contributed by atoms with E-state index >= 15 is 0 Å². The van der Waals surface area contributed by atoms with Gasteiger partial charge >= 0.3 is 0 Å². The summed E-state index contributed by atoms with van der Waals surface area (Å²) in [4.78, 5) is 21.9. The van der Waals surface area contributed by atoms with Crippen LogP contribution in [0.2, 0.25) is 0 Å². The standard InChI is InChI=1S/C22H20N4O2/c23-12-9-18-5-1-2-6-19(18)16-28-26-22(27)20-7-3-4-8-21(20)25-15-17-10-13-24-14-11-17/h1-8,10-11,13-14,25H,9,15-16H2,(H,26,27). The molecule has 1 aromatic heterocycles. The molecule has 0 aliphatic heterocycles. The van der Waals surface area contributed by atoms with Crippen LogP contribution in [-0.4, -0.2) is 10.9 Å². The van der Waals surface area contributed by atoms with Gasteiger partial charge in [0.2, 0.25) is 0 Å². The summed E-state index contributed by atoms with van der Waals surface area (Å²) in [5.74, 6) is -0.337. The molecular formula is C22H20N4O2. The van der Waals surface area contributed by atoms with Crippen molar-refractivity contribution in [2.24, 2.45) is 0 Å². The lowest BCUT2D eigenvalue weighted by molar-refractivity contribution is 0.0232. The van der Waals surface area contributed by atoms with Crippen LogP contribution < -0.4 is 10.8 Å². The third-order valence-corrected chi connectivity index (χ3v) is 4.18. The van der Waals surface area contributed by atoms with Gasteiger partial charge in [0.05, 0.1) is 18.1 Å². The number of pyridine rings is 1. The number of nitrogens with zero attached hydrogens (tertiary/aromatic N) is 2. The molecule has 6 heteroatoms. The molecule has 0 saturated heterocycles. The fourth-order valence-electron chi connectivity index (χ4n) is 2.72. The molecule has 0 spiro atoms. The van der Waals surface area contributed by atoms with Gasteiger partial charge in [0.15, 0.2) is 0 Å². The van der Waals surface area contributed by atoms with Gasteiger partial charge in [-0.25, -0.2) is 5.48 Å². The first-order chi connectivity index (χ1) is 13.8. The summed E-state index contributed by atoms with van der Waals surface area (Å²) in [7, 11) is 0. The Kier molecular flexibility index (Phi) is 6.72. The lowest BCUT2D eigenvalue weighted by Gasteiger charge is -2.13. The Hall–Kier alpha value is -3.69. The molecule has 1 amide bonds. The van der Waals surface area contributed by atoms with E-state index in [1.807, 2.05) is 48.5 Å². The molecule has 0 fully saturated rings. The summed E-state index contributed by atoms with van der Waals surface area (Å²) in [6.07, 6.45) is 3.76. The molecule has 0 bridgehead atoms. The number of carbonyl (C=O) groups is 1. The Balaban J connectivity index is 1.60. The highest BCUT2D eigenvalue weighted by atomic mass is 16.6. The van der Waals surface area contributed by atoms with E-state index in [1.165, 1.54) is 0 Å². The molecule has 28 heavy (non-hydrogen) atoms. The van der Waals surface area contributed by atoms with Gasteiger partial charge in [-0.15, -0.1) is 0 Å². The van der Waals surface area contributed by atoms with Crippen molar-refractivity contribution < 1.29 is 9.63 Å². The van der Waals surface area contributed by atoms with Crippen LogP contribution in [0.25, 0.3) is 0 Å². The van der Waals surface area contributed by atoms with E-state index in [-0.39, 0.29) is 12.5 Å². The lowest BCUT2D eigenvalue weighted by Crippen LogP contribution is -2.24. The third kappa shape index (κ3) is 5.16. The molecule has 3 aromatic rings. The number of hydrogen-bond donors (Lipinski definition) is 2. The SMILES string of the molecule is N#CCc1ccccc1CONC(=O)c1ccccc1NCc1ccncc1. The molecule has 1 heterocycles. The van der Waals surface area contributed by atoms with E-state index in [9.17, 15) is 4.79 Å². The molecule has 2 aromatic carbocycles. The van der Waals surface area contributed by atoms with E-state index in [0.717, 1.165) is 16.7 Å². The lowest BCUT2D eigenvalue weighted by atomic mass is 10.1. The fraction of sp³-hybridized carbons (Fsp3) is 0.136. The number of hydrogen-bond acceptors (Lipinski definition) is 5. The summed E-state index contributed by atoms with van der Waals surface area (Å²) in [5, 5.41) is 12.2. The number of para-hydroxylation sites is 1. The minimum Gasteiger partial charge on any atom is -0.380 e. The Morgan fingerprint density at radius 3 is 2.50 bits per heavy atom. The van der Waals surface area contributed by atoms with Crippen molar-refractivity contribution in [3.8, 4) is 6.07 Å². The van der Waals surface area contributed by atoms with Crippen molar-refractivity contribution in [1.29, 1.82) is 5.26 Å². The number of carbonyl (C=O) groups excluding carboxylic acids is 1. The molecule has 140 valence electrons. The van der Waals surface area contributed by atoms with Crippen LogP contribution in [0, 0.1) is 11.3 Å². The highest BCUT2D eigenvalue weighted by Crippen LogP contribution is 2.16. The third-order valence-electron chi connectivity index (χ3n) is 4.18. The zero-order valence-corrected chi connectivity index (χ0v) is 15.3. The number of aromatic nitrogens is 1. The first-order valence-corrected chi connectivity index (χ1v) is 8.85. The van der Waals surface area contributed by atoms with Gasteiger partial charge < -0.3 is 5.32 Å². The van der Waals surface area contributed by atoms with Gasteiger partial charge in [-0.1, -0.05) is 36.4 Å². The number of nitrogens with one attached hydrogen (secondary N) is 2. The van der Waals surface area contributed by atoms with Crippen LogP contribution >= 0.6 is 0 Å². The maximum Gasteiger partial charge on any atom is 0.276 e. The van der Waals surface area contributed by atoms with Gasteiger partial charge in [0.25, 0.3) is 5.91 Å². The predicted molar refractivity (Wildman–Crippen MR) is 106 cm³/mol. The van der Waals surface area contributed by atoms with Gasteiger partial charge in [-0.05, 0) is 41.0 Å². The highest BCUT2D eigenvalue weighted by Gasteiger charge is 2.11. The molecule has 6 nitrogen and oxygen atoms in total. The molecule has 0 atom stereocenters. The van der Waals surface area contributed by atoms with Crippen LogP contribution in [0.3, 0.4) is 0 Å². The highest BCUT2D eigenvalue weighted by molar-refractivity contribution is 5.98. The monoisotopic (exact) mass is 372 g/mol. The van der Waals surface area contributed by atoms with E-state index in [2.05, 4.69) is 21.9 Å². The minimum atomic E-state index is -0.337. The predicted octanol–water partition coefficient (Wildman–Crippen LogP) is 3.62. The summed E-state index contributed by atoms with van der Waals surface area (Å²) in [5.41, 5.74) is 6.51. The van der Waals surface area contributed by atoms with Gasteiger partial charge in [0, 0.05) is 24.6 Å². The van der Waals surface area contributed by atoms with Crippen molar-refractivity contribution in [3.05, 3.63) is 95.3 Å². The van der Waals surface area contributed by atoms with E-state index < -0.39 is 0 Å². The average molecular weight is 372 g/mol. The zero-order valence-electron chi connectivity index (χ0n) is 15.3. The molecule has 2 N–H and O–H groups in total. The largest absolute Gasteiger partial charge is 0.380 e. The van der Waals surface area contributed by atoms with E-state index in [4.69, 9.17) is 10.1 Å². The number of hydroxylamine groups is 1. The van der Waals surface area contributed by atoms with E-state index in [0.29, 0.717) is 24.2 Å². The number of rotatable bonds is 8. The number of nitriles is 1. The van der Waals surface area contributed by atoms with E-state index in [1.54, 1.807) is 24.5 Å². The maximum absolute atomic E-state index is 12.5. The first-order valence-electron chi connectivity index (χ1n) is 8.85. The number of anilines is 1. The van der Waals surface area contributed by atoms with Gasteiger partial charge in [-0.3, -0.25) is 14.6 Å². The molecule has 0 radical (unpaired) electrons. The first kappa shape index (κ1) is 19.1. The smallest absolute Gasteiger partial charge is 0.276 e. The molecule has 0 saturated carbocycles. The van der Waals surface area contributed by atoms with Crippen molar-refractivity contribution in [1.82, 2.24) is 10.5 Å². The Morgan fingerprint density at radius 2 is 1.71 bits per heavy atom. The second-order valence-corrected chi connectivity index (χ2v) is 6.08. The topological polar surface area (TPSA) is 87.0 Å².